The number of anilines is 1. The third-order valence-corrected chi connectivity index (χ3v) is 5.86. The minimum atomic E-state index is -0.334. The molecular weight excluding hydrogens is 388 g/mol. The number of amides is 2. The van der Waals surface area contributed by atoms with Crippen LogP contribution in [0.5, 0.6) is 0 Å². The van der Waals surface area contributed by atoms with Crippen LogP contribution >= 0.6 is 0 Å². The molecule has 0 unspecified atom stereocenters. The lowest BCUT2D eigenvalue weighted by Crippen LogP contribution is -2.47. The number of likely N-dealkylation sites (tertiary alicyclic amines) is 1. The van der Waals surface area contributed by atoms with Gasteiger partial charge in [-0.2, -0.15) is 5.10 Å². The van der Waals surface area contributed by atoms with Gasteiger partial charge in [0, 0.05) is 31.6 Å². The number of hydrogen-bond donors (Lipinski definition) is 2. The summed E-state index contributed by atoms with van der Waals surface area (Å²) in [7, 11) is 0. The number of hydrogen-bond acceptors (Lipinski definition) is 7. The molecule has 2 fully saturated rings. The summed E-state index contributed by atoms with van der Waals surface area (Å²) in [6, 6.07) is 1.36. The predicted octanol–water partition coefficient (Wildman–Crippen LogP) is 1.39. The van der Waals surface area contributed by atoms with E-state index in [9.17, 15) is 9.59 Å². The van der Waals surface area contributed by atoms with Gasteiger partial charge < -0.3 is 14.2 Å². The highest BCUT2D eigenvalue weighted by molar-refractivity contribution is 5.95. The SMILES string of the molecule is Cc1cc(NC(=O)[C@@H](C)N2CCC[C@H](c3[nH]ncc3C(=O)N3CCOCC3)C2)on1. The zero-order valence-corrected chi connectivity index (χ0v) is 17.4. The van der Waals surface area contributed by atoms with E-state index in [0.717, 1.165) is 25.1 Å². The van der Waals surface area contributed by atoms with Crippen LogP contribution in [0.2, 0.25) is 0 Å². The normalized spacial score (nSPS) is 21.4. The van der Waals surface area contributed by atoms with E-state index in [-0.39, 0.29) is 23.8 Å². The predicted molar refractivity (Wildman–Crippen MR) is 108 cm³/mol. The van der Waals surface area contributed by atoms with Crippen molar-refractivity contribution < 1.29 is 18.8 Å². The van der Waals surface area contributed by atoms with Crippen LogP contribution in [0.1, 0.15) is 47.4 Å². The number of nitrogens with zero attached hydrogens (tertiary/aromatic N) is 4. The van der Waals surface area contributed by atoms with E-state index in [0.29, 0.717) is 50.0 Å². The topological polar surface area (TPSA) is 117 Å². The van der Waals surface area contributed by atoms with Crippen LogP contribution < -0.4 is 5.32 Å². The molecule has 2 aliphatic heterocycles. The van der Waals surface area contributed by atoms with Gasteiger partial charge in [0.1, 0.15) is 0 Å². The van der Waals surface area contributed by atoms with E-state index >= 15 is 0 Å². The molecule has 2 aromatic heterocycles. The van der Waals surface area contributed by atoms with Gasteiger partial charge in [-0.05, 0) is 33.2 Å². The number of aryl methyl sites for hydroxylation is 1. The molecule has 0 aliphatic carbocycles. The first-order valence-corrected chi connectivity index (χ1v) is 10.4. The first-order chi connectivity index (χ1) is 14.5. The highest BCUT2D eigenvalue weighted by Gasteiger charge is 2.32. The van der Waals surface area contributed by atoms with Crippen LogP contribution in [0.4, 0.5) is 5.88 Å². The second kappa shape index (κ2) is 8.97. The molecule has 2 aliphatic rings. The Morgan fingerprint density at radius 2 is 2.10 bits per heavy atom. The van der Waals surface area contributed by atoms with Crippen LogP contribution in [0.3, 0.4) is 0 Å². The van der Waals surface area contributed by atoms with Crippen molar-refractivity contribution >= 4 is 17.7 Å². The Balaban J connectivity index is 1.42. The number of rotatable bonds is 5. The number of morpholine rings is 1. The molecule has 0 radical (unpaired) electrons. The standard InChI is InChI=1S/C20H28N6O4/c1-13-10-17(30-24-13)22-19(27)14(2)26-5-3-4-15(12-26)18-16(11-21-23-18)20(28)25-6-8-29-9-7-25/h10-11,14-15H,3-9,12H2,1-2H3,(H,21,23)(H,22,27)/t14-,15+/m1/s1. The maximum atomic E-state index is 13.0. The smallest absolute Gasteiger partial charge is 0.257 e. The molecule has 0 saturated carbocycles. The molecule has 2 atom stereocenters. The summed E-state index contributed by atoms with van der Waals surface area (Å²) in [6.45, 7) is 7.50. The molecule has 10 nitrogen and oxygen atoms in total. The third-order valence-electron chi connectivity index (χ3n) is 5.86. The number of nitrogens with one attached hydrogen (secondary N) is 2. The Kier molecular flexibility index (Phi) is 6.14. The largest absolute Gasteiger partial charge is 0.378 e. The Labute approximate surface area is 174 Å². The van der Waals surface area contributed by atoms with E-state index in [1.807, 2.05) is 11.8 Å². The average Bonchev–Trinajstić information content (AvgIpc) is 3.42. The maximum Gasteiger partial charge on any atom is 0.257 e. The van der Waals surface area contributed by atoms with Crippen LogP contribution in [-0.4, -0.2) is 82.4 Å². The fourth-order valence-corrected chi connectivity index (χ4v) is 4.12. The first-order valence-electron chi connectivity index (χ1n) is 10.4. The van der Waals surface area contributed by atoms with Gasteiger partial charge in [0.25, 0.3) is 5.91 Å². The lowest BCUT2D eigenvalue weighted by atomic mass is 9.91. The quantitative estimate of drug-likeness (QED) is 0.756. The van der Waals surface area contributed by atoms with E-state index in [2.05, 4.69) is 25.6 Å². The Bertz CT molecular complexity index is 887. The van der Waals surface area contributed by atoms with Crippen molar-refractivity contribution in [1.82, 2.24) is 25.2 Å². The van der Waals surface area contributed by atoms with Crippen molar-refractivity contribution in [2.24, 2.45) is 0 Å². The lowest BCUT2D eigenvalue weighted by molar-refractivity contribution is -0.121. The average molecular weight is 416 g/mol. The monoisotopic (exact) mass is 416 g/mol. The maximum absolute atomic E-state index is 13.0. The number of carbonyl (C=O) groups excluding carboxylic acids is 2. The molecule has 4 heterocycles. The van der Waals surface area contributed by atoms with Crippen molar-refractivity contribution in [3.8, 4) is 0 Å². The second-order valence-electron chi connectivity index (χ2n) is 7.93. The summed E-state index contributed by atoms with van der Waals surface area (Å²) in [5.41, 5.74) is 2.19. The van der Waals surface area contributed by atoms with Crippen LogP contribution in [0, 0.1) is 6.92 Å². The summed E-state index contributed by atoms with van der Waals surface area (Å²) in [5.74, 6) is 0.320. The van der Waals surface area contributed by atoms with Gasteiger partial charge in [0.15, 0.2) is 0 Å². The van der Waals surface area contributed by atoms with E-state index < -0.39 is 0 Å². The van der Waals surface area contributed by atoms with Gasteiger partial charge in [0.05, 0.1) is 42.4 Å². The highest BCUT2D eigenvalue weighted by Crippen LogP contribution is 2.29. The van der Waals surface area contributed by atoms with Gasteiger partial charge >= 0.3 is 0 Å². The molecule has 10 heteroatoms. The van der Waals surface area contributed by atoms with Crippen LogP contribution in [0.15, 0.2) is 16.8 Å². The van der Waals surface area contributed by atoms with Crippen molar-refractivity contribution in [3.05, 3.63) is 29.2 Å². The van der Waals surface area contributed by atoms with Gasteiger partial charge in [-0.3, -0.25) is 24.9 Å². The molecule has 0 spiro atoms. The lowest BCUT2D eigenvalue weighted by Gasteiger charge is -2.36. The summed E-state index contributed by atoms with van der Waals surface area (Å²) in [6.07, 6.45) is 3.50. The molecule has 2 amide bonds. The molecule has 4 rings (SSSR count). The summed E-state index contributed by atoms with van der Waals surface area (Å²) >= 11 is 0. The third kappa shape index (κ3) is 4.39. The van der Waals surface area contributed by atoms with E-state index in [1.165, 1.54) is 0 Å². The molecule has 30 heavy (non-hydrogen) atoms. The fourth-order valence-electron chi connectivity index (χ4n) is 4.12. The van der Waals surface area contributed by atoms with Crippen LogP contribution in [0.25, 0.3) is 0 Å². The van der Waals surface area contributed by atoms with Gasteiger partial charge in [0.2, 0.25) is 11.8 Å². The summed E-state index contributed by atoms with van der Waals surface area (Å²) in [4.78, 5) is 29.6. The zero-order chi connectivity index (χ0) is 21.1. The molecule has 0 aromatic carbocycles. The molecule has 0 bridgehead atoms. The number of carbonyl (C=O) groups is 2. The van der Waals surface area contributed by atoms with Crippen molar-refractivity contribution in [3.63, 3.8) is 0 Å². The van der Waals surface area contributed by atoms with E-state index in [4.69, 9.17) is 9.26 Å². The van der Waals surface area contributed by atoms with Crippen molar-refractivity contribution in [2.45, 2.75) is 38.6 Å². The highest BCUT2D eigenvalue weighted by atomic mass is 16.5. The van der Waals surface area contributed by atoms with Crippen molar-refractivity contribution in [2.75, 3.05) is 44.7 Å². The van der Waals surface area contributed by atoms with E-state index in [1.54, 1.807) is 19.2 Å². The van der Waals surface area contributed by atoms with Gasteiger partial charge in [-0.1, -0.05) is 5.16 Å². The minimum Gasteiger partial charge on any atom is -0.378 e. The summed E-state index contributed by atoms with van der Waals surface area (Å²) < 4.78 is 10.4. The van der Waals surface area contributed by atoms with Crippen molar-refractivity contribution in [1.29, 1.82) is 0 Å². The van der Waals surface area contributed by atoms with Gasteiger partial charge in [-0.25, -0.2) is 0 Å². The van der Waals surface area contributed by atoms with Crippen LogP contribution in [-0.2, 0) is 9.53 Å². The number of aromatic nitrogens is 3. The number of ether oxygens (including phenoxy) is 1. The Morgan fingerprint density at radius 1 is 1.30 bits per heavy atom. The minimum absolute atomic E-state index is 0.00865. The summed E-state index contributed by atoms with van der Waals surface area (Å²) in [5, 5.41) is 13.8. The zero-order valence-electron chi connectivity index (χ0n) is 17.4. The molecular formula is C20H28N6O4. The molecule has 2 saturated heterocycles. The number of aromatic amines is 1. The fraction of sp³-hybridized carbons (Fsp3) is 0.600. The number of H-pyrrole nitrogens is 1. The number of piperidine rings is 1. The second-order valence-corrected chi connectivity index (χ2v) is 7.93. The molecule has 162 valence electrons. The Morgan fingerprint density at radius 3 is 2.83 bits per heavy atom. The van der Waals surface area contributed by atoms with Gasteiger partial charge in [-0.15, -0.1) is 0 Å². The Hall–Kier alpha value is -2.72. The molecule has 2 N–H and O–H groups in total. The molecule has 2 aromatic rings. The first kappa shape index (κ1) is 20.5.